The first kappa shape index (κ1) is 17.2. The predicted octanol–water partition coefficient (Wildman–Crippen LogP) is 1.95. The third-order valence-electron chi connectivity index (χ3n) is 3.96. The van der Waals surface area contributed by atoms with Crippen molar-refractivity contribution in [2.24, 2.45) is 0 Å². The van der Waals surface area contributed by atoms with E-state index in [-0.39, 0.29) is 12.5 Å². The molecule has 0 radical (unpaired) electrons. The molecule has 25 heavy (non-hydrogen) atoms. The number of aryl methyl sites for hydroxylation is 2. The summed E-state index contributed by atoms with van der Waals surface area (Å²) in [5, 5.41) is 2.75. The molecule has 0 aliphatic carbocycles. The Hall–Kier alpha value is -2.67. The Morgan fingerprint density at radius 2 is 2.04 bits per heavy atom. The molecule has 1 aliphatic rings. The molecule has 3 rings (SSSR count). The summed E-state index contributed by atoms with van der Waals surface area (Å²) in [6.07, 6.45) is 1.45. The molecule has 7 heteroatoms. The zero-order chi connectivity index (χ0) is 17.6. The average molecular weight is 342 g/mol. The minimum atomic E-state index is -0.257. The lowest BCUT2D eigenvalue weighted by atomic mass is 10.1. The number of hydrogen-bond acceptors (Lipinski definition) is 6. The molecule has 1 aliphatic heterocycles. The molecule has 1 saturated heterocycles. The number of benzene rings is 1. The second-order valence-corrected chi connectivity index (χ2v) is 5.97. The number of morpholine rings is 1. The number of rotatable bonds is 5. The molecule has 132 valence electrons. The van der Waals surface area contributed by atoms with Crippen molar-refractivity contribution in [2.45, 2.75) is 13.8 Å². The van der Waals surface area contributed by atoms with Crippen LogP contribution in [0, 0.1) is 13.8 Å². The van der Waals surface area contributed by atoms with E-state index in [1.807, 2.05) is 32.0 Å². The highest BCUT2D eigenvalue weighted by Crippen LogP contribution is 2.19. The molecule has 0 atom stereocenters. The van der Waals surface area contributed by atoms with E-state index in [4.69, 9.17) is 9.47 Å². The minimum absolute atomic E-state index is 0.0683. The van der Waals surface area contributed by atoms with Crippen LogP contribution < -0.4 is 15.0 Å². The van der Waals surface area contributed by atoms with Crippen molar-refractivity contribution in [1.82, 2.24) is 9.97 Å². The van der Waals surface area contributed by atoms with Gasteiger partial charge in [0.15, 0.2) is 6.61 Å². The van der Waals surface area contributed by atoms with Crippen LogP contribution in [0.3, 0.4) is 0 Å². The molecular weight excluding hydrogens is 320 g/mol. The lowest BCUT2D eigenvalue weighted by Crippen LogP contribution is -2.36. The van der Waals surface area contributed by atoms with Crippen molar-refractivity contribution in [3.8, 4) is 5.75 Å². The Morgan fingerprint density at radius 1 is 1.24 bits per heavy atom. The second kappa shape index (κ2) is 7.94. The molecule has 0 saturated carbocycles. The van der Waals surface area contributed by atoms with Gasteiger partial charge in [-0.15, -0.1) is 0 Å². The van der Waals surface area contributed by atoms with Gasteiger partial charge in [-0.2, -0.15) is 0 Å². The number of carbonyl (C=O) groups is 1. The Kier molecular flexibility index (Phi) is 5.45. The molecule has 1 aromatic heterocycles. The van der Waals surface area contributed by atoms with Crippen LogP contribution in [0.1, 0.15) is 11.1 Å². The van der Waals surface area contributed by atoms with Crippen molar-refractivity contribution in [1.29, 1.82) is 0 Å². The zero-order valence-electron chi connectivity index (χ0n) is 14.5. The monoisotopic (exact) mass is 342 g/mol. The van der Waals surface area contributed by atoms with Crippen LogP contribution in [-0.2, 0) is 9.53 Å². The second-order valence-electron chi connectivity index (χ2n) is 5.97. The van der Waals surface area contributed by atoms with Crippen molar-refractivity contribution >= 4 is 17.5 Å². The van der Waals surface area contributed by atoms with Gasteiger partial charge < -0.3 is 19.7 Å². The van der Waals surface area contributed by atoms with Gasteiger partial charge in [0.05, 0.1) is 13.2 Å². The molecule has 7 nitrogen and oxygen atoms in total. The number of nitrogens with one attached hydrogen (secondary N) is 1. The van der Waals surface area contributed by atoms with E-state index in [9.17, 15) is 4.79 Å². The van der Waals surface area contributed by atoms with Gasteiger partial charge in [0.25, 0.3) is 5.91 Å². The minimum Gasteiger partial charge on any atom is -0.483 e. The molecule has 2 aromatic rings. The van der Waals surface area contributed by atoms with Crippen LogP contribution in [-0.4, -0.2) is 48.8 Å². The number of carbonyl (C=O) groups excluding carboxylic acids is 1. The van der Waals surface area contributed by atoms with Gasteiger partial charge in [0.2, 0.25) is 0 Å². The fourth-order valence-corrected chi connectivity index (χ4v) is 2.57. The Morgan fingerprint density at radius 3 is 2.84 bits per heavy atom. The van der Waals surface area contributed by atoms with Gasteiger partial charge in [-0.05, 0) is 31.0 Å². The summed E-state index contributed by atoms with van der Waals surface area (Å²) in [5.41, 5.74) is 2.09. The highest BCUT2D eigenvalue weighted by atomic mass is 16.5. The first-order valence-corrected chi connectivity index (χ1v) is 8.26. The fraction of sp³-hybridized carbons (Fsp3) is 0.389. The van der Waals surface area contributed by atoms with Crippen molar-refractivity contribution in [2.75, 3.05) is 43.1 Å². The number of anilines is 2. The van der Waals surface area contributed by atoms with Gasteiger partial charge in [0.1, 0.15) is 23.7 Å². The number of aromatic nitrogens is 2. The lowest BCUT2D eigenvalue weighted by molar-refractivity contribution is -0.118. The Balaban J connectivity index is 1.58. The zero-order valence-corrected chi connectivity index (χ0v) is 14.5. The molecule has 1 fully saturated rings. The van der Waals surface area contributed by atoms with Crippen molar-refractivity contribution in [3.63, 3.8) is 0 Å². The summed E-state index contributed by atoms with van der Waals surface area (Å²) in [4.78, 5) is 22.6. The van der Waals surface area contributed by atoms with Crippen molar-refractivity contribution in [3.05, 3.63) is 41.7 Å². The number of hydrogen-bond donors (Lipinski definition) is 1. The fourth-order valence-electron chi connectivity index (χ4n) is 2.57. The number of amides is 1. The summed E-state index contributed by atoms with van der Waals surface area (Å²) in [7, 11) is 0. The number of nitrogens with zero attached hydrogens (tertiary/aromatic N) is 3. The highest BCUT2D eigenvalue weighted by Gasteiger charge is 2.14. The largest absolute Gasteiger partial charge is 0.483 e. The van der Waals surface area contributed by atoms with Crippen LogP contribution in [0.15, 0.2) is 30.6 Å². The maximum absolute atomic E-state index is 12.1. The lowest BCUT2D eigenvalue weighted by Gasteiger charge is -2.27. The molecule has 1 N–H and O–H groups in total. The summed E-state index contributed by atoms with van der Waals surface area (Å²) < 4.78 is 11.0. The van der Waals surface area contributed by atoms with Gasteiger partial charge in [-0.1, -0.05) is 12.1 Å². The van der Waals surface area contributed by atoms with Gasteiger partial charge in [-0.3, -0.25) is 4.79 Å². The van der Waals surface area contributed by atoms with Gasteiger partial charge >= 0.3 is 0 Å². The highest BCUT2D eigenvalue weighted by molar-refractivity contribution is 5.91. The normalized spacial score (nSPS) is 14.2. The van der Waals surface area contributed by atoms with Crippen molar-refractivity contribution < 1.29 is 14.3 Å². The molecule has 1 amide bonds. The standard InChI is InChI=1S/C18H22N4O3/c1-13-3-4-14(2)15(9-13)25-11-18(23)21-16-10-17(20-12-19-16)22-5-7-24-8-6-22/h3-4,9-10,12H,5-8,11H2,1-2H3,(H,19,20,21,23). The third-order valence-corrected chi connectivity index (χ3v) is 3.96. The smallest absolute Gasteiger partial charge is 0.263 e. The van der Waals surface area contributed by atoms with E-state index in [2.05, 4.69) is 20.2 Å². The first-order chi connectivity index (χ1) is 12.1. The Bertz CT molecular complexity index is 745. The molecule has 2 heterocycles. The van der Waals surface area contributed by atoms with Crippen LogP contribution in [0.25, 0.3) is 0 Å². The van der Waals surface area contributed by atoms with Gasteiger partial charge in [0, 0.05) is 19.2 Å². The van der Waals surface area contributed by atoms with Crippen LogP contribution in [0.4, 0.5) is 11.6 Å². The van der Waals surface area contributed by atoms with E-state index >= 15 is 0 Å². The molecular formula is C18H22N4O3. The quantitative estimate of drug-likeness (QED) is 0.895. The third kappa shape index (κ3) is 4.67. The topological polar surface area (TPSA) is 76.6 Å². The molecule has 1 aromatic carbocycles. The Labute approximate surface area is 147 Å². The van der Waals surface area contributed by atoms with Gasteiger partial charge in [-0.25, -0.2) is 9.97 Å². The summed E-state index contributed by atoms with van der Waals surface area (Å²) in [6.45, 7) is 6.78. The molecule has 0 spiro atoms. The van der Waals surface area contributed by atoms with Crippen LogP contribution >= 0.6 is 0 Å². The predicted molar refractivity (Wildman–Crippen MR) is 95.1 cm³/mol. The first-order valence-electron chi connectivity index (χ1n) is 8.26. The molecule has 0 unspecified atom stereocenters. The van der Waals surface area contributed by atoms with E-state index in [0.29, 0.717) is 24.8 Å². The SMILES string of the molecule is Cc1ccc(C)c(OCC(=O)Nc2cc(N3CCOCC3)ncn2)c1. The van der Waals surface area contributed by atoms with Crippen LogP contribution in [0.5, 0.6) is 5.75 Å². The summed E-state index contributed by atoms with van der Waals surface area (Å²) in [6, 6.07) is 7.67. The molecule has 0 bridgehead atoms. The summed E-state index contributed by atoms with van der Waals surface area (Å²) >= 11 is 0. The van der Waals surface area contributed by atoms with E-state index < -0.39 is 0 Å². The van der Waals surface area contributed by atoms with E-state index in [1.54, 1.807) is 6.07 Å². The maximum atomic E-state index is 12.1. The number of ether oxygens (including phenoxy) is 2. The van der Waals surface area contributed by atoms with E-state index in [0.717, 1.165) is 30.0 Å². The maximum Gasteiger partial charge on any atom is 0.263 e. The summed E-state index contributed by atoms with van der Waals surface area (Å²) in [5.74, 6) is 1.70. The average Bonchev–Trinajstić information content (AvgIpc) is 2.63. The van der Waals surface area contributed by atoms with E-state index in [1.165, 1.54) is 6.33 Å². The van der Waals surface area contributed by atoms with Crippen LogP contribution in [0.2, 0.25) is 0 Å².